The first-order chi connectivity index (χ1) is 16.5. The van der Waals surface area contributed by atoms with Crippen molar-refractivity contribution >= 4 is 26.8 Å². The molecule has 0 unspecified atom stereocenters. The van der Waals surface area contributed by atoms with E-state index >= 15 is 0 Å². The van der Waals surface area contributed by atoms with Gasteiger partial charge in [0.1, 0.15) is 11.6 Å². The highest BCUT2D eigenvalue weighted by Gasteiger charge is 2.28. The molecule has 2 heterocycles. The Morgan fingerprint density at radius 1 is 1.09 bits per heavy atom. The minimum Gasteiger partial charge on any atom is -0.497 e. The Morgan fingerprint density at radius 3 is 2.31 bits per heavy atom. The standard InChI is InChI=1S/C27H35N3O4S/c1-19(31)29-14-12-20(13-15-29)17-30-25-11-10-23(16-24(25)28-26(30)27(2,3)4)35(32,33)18-21-6-8-22(34-5)9-7-21/h6-11,16,20H,12-15,17-18H2,1-5H3. The molecule has 35 heavy (non-hydrogen) atoms. The summed E-state index contributed by atoms with van der Waals surface area (Å²) in [5, 5.41) is 0. The van der Waals surface area contributed by atoms with E-state index in [1.54, 1.807) is 50.4 Å². The van der Waals surface area contributed by atoms with Crippen molar-refractivity contribution in [3.8, 4) is 5.75 Å². The highest BCUT2D eigenvalue weighted by atomic mass is 32.2. The predicted molar refractivity (Wildman–Crippen MR) is 137 cm³/mol. The fourth-order valence-corrected chi connectivity index (χ4v) is 6.14. The molecule has 1 fully saturated rings. The van der Waals surface area contributed by atoms with Gasteiger partial charge in [-0.25, -0.2) is 13.4 Å². The number of hydrogen-bond donors (Lipinski definition) is 0. The third kappa shape index (κ3) is 5.53. The molecule has 7 nitrogen and oxygen atoms in total. The summed E-state index contributed by atoms with van der Waals surface area (Å²) < 4.78 is 33.8. The van der Waals surface area contributed by atoms with E-state index in [1.807, 2.05) is 11.0 Å². The van der Waals surface area contributed by atoms with Crippen LogP contribution in [-0.4, -0.2) is 49.0 Å². The van der Waals surface area contributed by atoms with Gasteiger partial charge in [-0.2, -0.15) is 0 Å². The molecule has 2 aromatic carbocycles. The highest BCUT2D eigenvalue weighted by molar-refractivity contribution is 7.90. The average molecular weight is 498 g/mol. The van der Waals surface area contributed by atoms with Gasteiger partial charge in [-0.15, -0.1) is 0 Å². The van der Waals surface area contributed by atoms with Crippen LogP contribution in [0.15, 0.2) is 47.4 Å². The summed E-state index contributed by atoms with van der Waals surface area (Å²) in [5.74, 6) is 2.15. The summed E-state index contributed by atoms with van der Waals surface area (Å²) in [6.07, 6.45) is 1.91. The van der Waals surface area contributed by atoms with Crippen molar-refractivity contribution in [3.63, 3.8) is 0 Å². The minimum absolute atomic E-state index is 0.0793. The van der Waals surface area contributed by atoms with Gasteiger partial charge in [0.25, 0.3) is 0 Å². The van der Waals surface area contributed by atoms with Crippen LogP contribution in [0.3, 0.4) is 0 Å². The molecule has 1 saturated heterocycles. The number of piperidine rings is 1. The Kier molecular flexibility index (Phi) is 6.95. The van der Waals surface area contributed by atoms with E-state index in [9.17, 15) is 13.2 Å². The van der Waals surface area contributed by atoms with Gasteiger partial charge in [0.2, 0.25) is 5.91 Å². The number of nitrogens with zero attached hydrogens (tertiary/aromatic N) is 3. The number of hydrogen-bond acceptors (Lipinski definition) is 5. The van der Waals surface area contributed by atoms with Gasteiger partial charge in [0, 0.05) is 32.0 Å². The zero-order valence-electron chi connectivity index (χ0n) is 21.2. The first kappa shape index (κ1) is 25.2. The van der Waals surface area contributed by atoms with Gasteiger partial charge in [-0.3, -0.25) is 4.79 Å². The van der Waals surface area contributed by atoms with Crippen LogP contribution in [0.25, 0.3) is 11.0 Å². The SMILES string of the molecule is COc1ccc(CS(=O)(=O)c2ccc3c(c2)nc(C(C)(C)C)n3CC2CCN(C(C)=O)CC2)cc1. The molecule has 0 radical (unpaired) electrons. The second kappa shape index (κ2) is 9.64. The predicted octanol–water partition coefficient (Wildman–Crippen LogP) is 4.57. The van der Waals surface area contributed by atoms with Crippen LogP contribution in [0, 0.1) is 5.92 Å². The van der Waals surface area contributed by atoms with Crippen molar-refractivity contribution in [2.75, 3.05) is 20.2 Å². The monoisotopic (exact) mass is 497 g/mol. The lowest BCUT2D eigenvalue weighted by atomic mass is 9.93. The number of carbonyl (C=O) groups excluding carboxylic acids is 1. The van der Waals surface area contributed by atoms with E-state index < -0.39 is 9.84 Å². The molecule has 0 bridgehead atoms. The third-order valence-electron chi connectivity index (χ3n) is 6.77. The molecule has 0 atom stereocenters. The number of fused-ring (bicyclic) bond motifs is 1. The van der Waals surface area contributed by atoms with Gasteiger partial charge < -0.3 is 14.2 Å². The Labute approximate surface area is 208 Å². The number of sulfone groups is 1. The van der Waals surface area contributed by atoms with Crippen LogP contribution in [0.2, 0.25) is 0 Å². The van der Waals surface area contributed by atoms with Crippen molar-refractivity contribution in [1.82, 2.24) is 14.5 Å². The quantitative estimate of drug-likeness (QED) is 0.498. The molecule has 1 aromatic heterocycles. The van der Waals surface area contributed by atoms with Gasteiger partial charge in [0.15, 0.2) is 9.84 Å². The van der Waals surface area contributed by atoms with Crippen molar-refractivity contribution < 1.29 is 17.9 Å². The second-order valence-electron chi connectivity index (χ2n) is 10.5. The summed E-state index contributed by atoms with van der Waals surface area (Å²) in [4.78, 5) is 18.8. The van der Waals surface area contributed by atoms with Gasteiger partial charge in [0.05, 0.1) is 28.8 Å². The largest absolute Gasteiger partial charge is 0.497 e. The molecule has 0 spiro atoms. The maximum absolute atomic E-state index is 13.2. The number of benzene rings is 2. The molecule has 8 heteroatoms. The number of amides is 1. The number of rotatable bonds is 6. The topological polar surface area (TPSA) is 81.5 Å². The summed E-state index contributed by atoms with van der Waals surface area (Å²) in [6.45, 7) is 10.4. The van der Waals surface area contributed by atoms with E-state index in [2.05, 4.69) is 25.3 Å². The number of aromatic nitrogens is 2. The Morgan fingerprint density at radius 2 is 1.74 bits per heavy atom. The molecule has 1 aliphatic heterocycles. The summed E-state index contributed by atoms with van der Waals surface area (Å²) in [5.41, 5.74) is 2.17. The van der Waals surface area contributed by atoms with Crippen molar-refractivity contribution in [2.45, 2.75) is 63.1 Å². The van der Waals surface area contributed by atoms with Crippen LogP contribution >= 0.6 is 0 Å². The highest BCUT2D eigenvalue weighted by Crippen LogP contribution is 2.31. The fourth-order valence-electron chi connectivity index (χ4n) is 4.77. The van der Waals surface area contributed by atoms with E-state index in [1.165, 1.54) is 0 Å². The lowest BCUT2D eigenvalue weighted by molar-refractivity contribution is -0.130. The van der Waals surface area contributed by atoms with E-state index in [4.69, 9.17) is 9.72 Å². The molecule has 188 valence electrons. The number of ether oxygens (including phenoxy) is 1. The summed E-state index contributed by atoms with van der Waals surface area (Å²) in [7, 11) is -1.95. The number of likely N-dealkylation sites (tertiary alicyclic amines) is 1. The minimum atomic E-state index is -3.53. The Balaban J connectivity index is 1.63. The van der Waals surface area contributed by atoms with Crippen LogP contribution in [0.5, 0.6) is 5.75 Å². The van der Waals surface area contributed by atoms with Crippen LogP contribution < -0.4 is 4.74 Å². The van der Waals surface area contributed by atoms with Crippen molar-refractivity contribution in [2.24, 2.45) is 5.92 Å². The molecule has 3 aromatic rings. The maximum Gasteiger partial charge on any atom is 0.219 e. The van der Waals surface area contributed by atoms with Crippen LogP contribution in [-0.2, 0) is 32.3 Å². The number of imidazole rings is 1. The van der Waals surface area contributed by atoms with Gasteiger partial charge in [-0.05, 0) is 54.7 Å². The maximum atomic E-state index is 13.2. The molecule has 1 amide bonds. The van der Waals surface area contributed by atoms with Gasteiger partial charge in [-0.1, -0.05) is 32.9 Å². The summed E-state index contributed by atoms with van der Waals surface area (Å²) >= 11 is 0. The molecule has 0 aliphatic carbocycles. The Hall–Kier alpha value is -2.87. The smallest absolute Gasteiger partial charge is 0.219 e. The average Bonchev–Trinajstić information content (AvgIpc) is 3.18. The fraction of sp³-hybridized carbons (Fsp3) is 0.481. The zero-order chi connectivity index (χ0) is 25.4. The van der Waals surface area contributed by atoms with E-state index in [-0.39, 0.29) is 22.0 Å². The third-order valence-corrected chi connectivity index (χ3v) is 8.45. The second-order valence-corrected chi connectivity index (χ2v) is 12.5. The van der Waals surface area contributed by atoms with Crippen LogP contribution in [0.4, 0.5) is 0 Å². The van der Waals surface area contributed by atoms with Crippen molar-refractivity contribution in [3.05, 3.63) is 53.9 Å². The lowest BCUT2D eigenvalue weighted by Gasteiger charge is -2.32. The molecular formula is C27H35N3O4S. The lowest BCUT2D eigenvalue weighted by Crippen LogP contribution is -2.38. The zero-order valence-corrected chi connectivity index (χ0v) is 22.1. The van der Waals surface area contributed by atoms with E-state index in [0.717, 1.165) is 43.8 Å². The Bertz CT molecular complexity index is 1310. The number of methoxy groups -OCH3 is 1. The van der Waals surface area contributed by atoms with Crippen molar-refractivity contribution in [1.29, 1.82) is 0 Å². The van der Waals surface area contributed by atoms with Gasteiger partial charge >= 0.3 is 0 Å². The normalized spacial score (nSPS) is 15.5. The van der Waals surface area contributed by atoms with Crippen LogP contribution in [0.1, 0.15) is 51.9 Å². The first-order valence-corrected chi connectivity index (χ1v) is 13.7. The number of carbonyl (C=O) groups is 1. The van der Waals surface area contributed by atoms with E-state index in [0.29, 0.717) is 22.7 Å². The molecule has 1 aliphatic rings. The molecule has 0 saturated carbocycles. The first-order valence-electron chi connectivity index (χ1n) is 12.1. The molecular weight excluding hydrogens is 462 g/mol. The molecule has 4 rings (SSSR count). The summed E-state index contributed by atoms with van der Waals surface area (Å²) in [6, 6.07) is 12.4. The molecule has 0 N–H and O–H groups in total.